The third kappa shape index (κ3) is 3.08. The van der Waals surface area contributed by atoms with Crippen molar-refractivity contribution < 1.29 is 0 Å². The standard InChI is InChI=1S/C32H24S4/c1-3-5-17-7-9-21-25(11-17)33-31-23-13-19-16-28-24(14-20(19)15-27(23)35-29(21)31)32-30(36-28)22-10-8-18(6-4-2)12-26(22)34-32/h7-16H,3-6H2,1-2H3. The second kappa shape index (κ2) is 8.00. The number of hydrogen-bond donors (Lipinski definition) is 0. The summed E-state index contributed by atoms with van der Waals surface area (Å²) in [6.45, 7) is 4.52. The van der Waals surface area contributed by atoms with Crippen molar-refractivity contribution >= 4 is 115 Å². The van der Waals surface area contributed by atoms with Crippen molar-refractivity contribution in [2.45, 2.75) is 39.5 Å². The molecule has 0 saturated heterocycles. The highest BCUT2D eigenvalue weighted by Gasteiger charge is 2.16. The molecule has 0 saturated carbocycles. The summed E-state index contributed by atoms with van der Waals surface area (Å²) in [5.41, 5.74) is 2.92. The highest BCUT2D eigenvalue weighted by molar-refractivity contribution is 7.37. The lowest BCUT2D eigenvalue weighted by Crippen LogP contribution is -1.80. The summed E-state index contributed by atoms with van der Waals surface area (Å²) in [6, 6.07) is 24.0. The van der Waals surface area contributed by atoms with Crippen molar-refractivity contribution in [3.63, 3.8) is 0 Å². The zero-order chi connectivity index (χ0) is 24.0. The van der Waals surface area contributed by atoms with Crippen LogP contribution in [0.3, 0.4) is 0 Å². The largest absolute Gasteiger partial charge is 0.134 e. The van der Waals surface area contributed by atoms with Gasteiger partial charge in [0.1, 0.15) is 0 Å². The van der Waals surface area contributed by atoms with E-state index >= 15 is 0 Å². The van der Waals surface area contributed by atoms with Crippen LogP contribution in [-0.2, 0) is 12.8 Å². The molecule has 4 heteroatoms. The van der Waals surface area contributed by atoms with Crippen molar-refractivity contribution in [2.75, 3.05) is 0 Å². The molecule has 0 spiro atoms. The predicted molar refractivity (Wildman–Crippen MR) is 168 cm³/mol. The van der Waals surface area contributed by atoms with Crippen LogP contribution in [0.1, 0.15) is 37.8 Å². The van der Waals surface area contributed by atoms with Gasteiger partial charge in [-0.05, 0) is 71.1 Å². The van der Waals surface area contributed by atoms with Gasteiger partial charge in [0.15, 0.2) is 0 Å². The first-order valence-electron chi connectivity index (χ1n) is 12.8. The average Bonchev–Trinajstić information content (AvgIpc) is 3.59. The smallest absolute Gasteiger partial charge is 0.0542 e. The number of rotatable bonds is 4. The maximum absolute atomic E-state index is 2.45. The van der Waals surface area contributed by atoms with Gasteiger partial charge >= 0.3 is 0 Å². The van der Waals surface area contributed by atoms with E-state index in [1.807, 2.05) is 45.3 Å². The van der Waals surface area contributed by atoms with Crippen LogP contribution in [0.15, 0.2) is 60.7 Å². The van der Waals surface area contributed by atoms with E-state index in [-0.39, 0.29) is 0 Å². The second-order valence-electron chi connectivity index (χ2n) is 9.93. The summed E-state index contributed by atoms with van der Waals surface area (Å²) in [5.74, 6) is 0. The van der Waals surface area contributed by atoms with Gasteiger partial charge in [-0.2, -0.15) is 0 Å². The zero-order valence-electron chi connectivity index (χ0n) is 20.2. The molecule has 8 aromatic rings. The van der Waals surface area contributed by atoms with E-state index in [1.165, 1.54) is 93.9 Å². The topological polar surface area (TPSA) is 0 Å². The van der Waals surface area contributed by atoms with Crippen molar-refractivity contribution in [1.29, 1.82) is 0 Å². The molecule has 4 heterocycles. The first kappa shape index (κ1) is 21.6. The molecule has 0 aliphatic rings. The molecule has 0 bridgehead atoms. The number of fused-ring (bicyclic) bond motifs is 11. The van der Waals surface area contributed by atoms with Crippen LogP contribution < -0.4 is 0 Å². The third-order valence-electron chi connectivity index (χ3n) is 7.45. The summed E-state index contributed by atoms with van der Waals surface area (Å²) in [7, 11) is 0. The third-order valence-corrected chi connectivity index (χ3v) is 12.4. The van der Waals surface area contributed by atoms with E-state index in [0.717, 1.165) is 12.8 Å². The molecule has 0 unspecified atom stereocenters. The molecule has 4 aromatic heterocycles. The Kier molecular flexibility index (Phi) is 4.79. The molecule has 0 aliphatic heterocycles. The molecule has 0 aliphatic carbocycles. The highest BCUT2D eigenvalue weighted by Crippen LogP contribution is 2.48. The van der Waals surface area contributed by atoms with Gasteiger partial charge in [0.2, 0.25) is 0 Å². The van der Waals surface area contributed by atoms with Crippen molar-refractivity contribution in [1.82, 2.24) is 0 Å². The van der Waals surface area contributed by atoms with Gasteiger partial charge in [0.25, 0.3) is 0 Å². The summed E-state index contributed by atoms with van der Waals surface area (Å²) >= 11 is 7.89. The lowest BCUT2D eigenvalue weighted by atomic mass is 10.1. The van der Waals surface area contributed by atoms with Crippen LogP contribution >= 0.6 is 45.3 Å². The zero-order valence-corrected chi connectivity index (χ0v) is 23.5. The van der Waals surface area contributed by atoms with E-state index in [9.17, 15) is 0 Å². The number of aryl methyl sites for hydroxylation is 2. The average molecular weight is 537 g/mol. The van der Waals surface area contributed by atoms with Crippen LogP contribution in [0.2, 0.25) is 0 Å². The minimum atomic E-state index is 1.16. The lowest BCUT2D eigenvalue weighted by molar-refractivity contribution is 0.924. The van der Waals surface area contributed by atoms with Gasteiger partial charge in [-0.15, -0.1) is 45.3 Å². The Morgan fingerprint density at radius 2 is 0.833 bits per heavy atom. The van der Waals surface area contributed by atoms with E-state index in [1.54, 1.807) is 0 Å². The number of thiophene rings is 4. The van der Waals surface area contributed by atoms with Gasteiger partial charge in [0, 0.05) is 40.3 Å². The van der Waals surface area contributed by atoms with E-state index in [2.05, 4.69) is 74.5 Å². The minimum absolute atomic E-state index is 1.16. The summed E-state index contributed by atoms with van der Waals surface area (Å²) in [4.78, 5) is 0. The number of hydrogen-bond acceptors (Lipinski definition) is 4. The van der Waals surface area contributed by atoms with Crippen molar-refractivity contribution in [3.8, 4) is 0 Å². The normalized spacial score (nSPS) is 12.6. The number of benzene rings is 4. The molecule has 0 N–H and O–H groups in total. The molecule has 0 nitrogen and oxygen atoms in total. The fourth-order valence-electron chi connectivity index (χ4n) is 5.73. The van der Waals surface area contributed by atoms with Crippen LogP contribution in [0, 0.1) is 0 Å². The molecule has 176 valence electrons. The van der Waals surface area contributed by atoms with Crippen LogP contribution in [0.4, 0.5) is 0 Å². The van der Waals surface area contributed by atoms with E-state index in [4.69, 9.17) is 0 Å². The van der Waals surface area contributed by atoms with E-state index in [0.29, 0.717) is 0 Å². The fraction of sp³-hybridized carbons (Fsp3) is 0.188. The molecule has 0 atom stereocenters. The maximum Gasteiger partial charge on any atom is 0.0542 e. The molecular formula is C32H24S4. The molecule has 0 fully saturated rings. The Labute approximate surface area is 225 Å². The van der Waals surface area contributed by atoms with Crippen LogP contribution in [-0.4, -0.2) is 0 Å². The summed E-state index contributed by atoms with van der Waals surface area (Å²) in [5, 5.41) is 8.43. The Bertz CT molecular complexity index is 1970. The monoisotopic (exact) mass is 536 g/mol. The van der Waals surface area contributed by atoms with Gasteiger partial charge in [-0.25, -0.2) is 0 Å². The van der Waals surface area contributed by atoms with E-state index < -0.39 is 0 Å². The second-order valence-corrected chi connectivity index (χ2v) is 14.1. The van der Waals surface area contributed by atoms with Gasteiger partial charge in [0.05, 0.1) is 18.8 Å². The molecule has 4 aromatic carbocycles. The van der Waals surface area contributed by atoms with Crippen molar-refractivity contribution in [2.24, 2.45) is 0 Å². The summed E-state index contributed by atoms with van der Waals surface area (Å²) < 4.78 is 11.5. The Morgan fingerprint density at radius 1 is 0.444 bits per heavy atom. The maximum atomic E-state index is 2.45. The Hall–Kier alpha value is -2.50. The predicted octanol–water partition coefficient (Wildman–Crippen LogP) is 11.9. The van der Waals surface area contributed by atoms with Crippen molar-refractivity contribution in [3.05, 3.63) is 71.8 Å². The van der Waals surface area contributed by atoms with Gasteiger partial charge in [-0.3, -0.25) is 0 Å². The summed E-state index contributed by atoms with van der Waals surface area (Å²) in [6.07, 6.45) is 4.72. The van der Waals surface area contributed by atoms with Crippen LogP contribution in [0.25, 0.3) is 69.9 Å². The Morgan fingerprint density at radius 3 is 1.25 bits per heavy atom. The first-order valence-corrected chi connectivity index (χ1v) is 16.1. The minimum Gasteiger partial charge on any atom is -0.134 e. The van der Waals surface area contributed by atoms with Gasteiger partial charge < -0.3 is 0 Å². The molecule has 0 radical (unpaired) electrons. The Balaban J connectivity index is 1.35. The van der Waals surface area contributed by atoms with Gasteiger partial charge in [-0.1, -0.05) is 51.0 Å². The lowest BCUT2D eigenvalue weighted by Gasteiger charge is -2.01. The molecule has 0 amide bonds. The quantitative estimate of drug-likeness (QED) is 0.210. The molecule has 8 rings (SSSR count). The molecule has 36 heavy (non-hydrogen) atoms. The molecular weight excluding hydrogens is 513 g/mol. The fourth-order valence-corrected chi connectivity index (χ4v) is 11.2. The highest BCUT2D eigenvalue weighted by atomic mass is 32.1. The van der Waals surface area contributed by atoms with Crippen LogP contribution in [0.5, 0.6) is 0 Å². The first-order chi connectivity index (χ1) is 17.7. The SMILES string of the molecule is CCCc1ccc2c(c1)sc1c3cc4cc5sc6c7ccc(CCC)cc7sc6c5cc4cc3sc21.